The molecule has 4 heteroatoms. The number of hydrogen-bond acceptors (Lipinski definition) is 3. The first-order valence-electron chi connectivity index (χ1n) is 6.24. The first kappa shape index (κ1) is 13.5. The van der Waals surface area contributed by atoms with Crippen LogP contribution in [0.3, 0.4) is 0 Å². The number of para-hydroxylation sites is 1. The fraction of sp³-hybridized carbons (Fsp3) is 0.0625. The Bertz CT molecular complexity index is 753. The van der Waals surface area contributed by atoms with E-state index in [1.807, 2.05) is 24.4 Å². The van der Waals surface area contributed by atoms with Crippen LogP contribution in [-0.2, 0) is 5.75 Å². The van der Waals surface area contributed by atoms with Crippen molar-refractivity contribution in [1.82, 2.24) is 4.98 Å². The third-order valence-electron chi connectivity index (χ3n) is 3.08. The standard InChI is InChI=1S/C16H13BrN2S/c17-13-6-7-14(18)15(9-13)20-10-12-4-1-3-11-5-2-8-19-16(11)12/h1-9H,10,18H2. The van der Waals surface area contributed by atoms with Gasteiger partial charge in [0.2, 0.25) is 0 Å². The summed E-state index contributed by atoms with van der Waals surface area (Å²) in [5.74, 6) is 0.856. The summed E-state index contributed by atoms with van der Waals surface area (Å²) >= 11 is 5.22. The SMILES string of the molecule is Nc1ccc(Br)cc1SCc1cccc2cccnc12. The highest BCUT2D eigenvalue weighted by atomic mass is 79.9. The average molecular weight is 345 g/mol. The summed E-state index contributed by atoms with van der Waals surface area (Å²) < 4.78 is 1.05. The molecule has 100 valence electrons. The molecule has 0 spiro atoms. The number of anilines is 1. The molecule has 2 N–H and O–H groups in total. The molecular weight excluding hydrogens is 332 g/mol. The second-order valence-electron chi connectivity index (χ2n) is 4.46. The number of fused-ring (bicyclic) bond motifs is 1. The number of nitrogens with two attached hydrogens (primary N) is 1. The quantitative estimate of drug-likeness (QED) is 0.544. The Labute approximate surface area is 130 Å². The van der Waals surface area contributed by atoms with Gasteiger partial charge < -0.3 is 5.73 Å². The van der Waals surface area contributed by atoms with Gasteiger partial charge in [-0.05, 0) is 29.8 Å². The predicted octanol–water partition coefficient (Wildman–Crippen LogP) is 4.87. The molecule has 0 unspecified atom stereocenters. The van der Waals surface area contributed by atoms with Crippen LogP contribution < -0.4 is 5.73 Å². The van der Waals surface area contributed by atoms with Crippen LogP contribution in [0.5, 0.6) is 0 Å². The lowest BCUT2D eigenvalue weighted by atomic mass is 10.1. The van der Waals surface area contributed by atoms with E-state index in [-0.39, 0.29) is 0 Å². The van der Waals surface area contributed by atoms with Crippen LogP contribution in [0.1, 0.15) is 5.56 Å². The van der Waals surface area contributed by atoms with Gasteiger partial charge in [0.05, 0.1) is 5.52 Å². The smallest absolute Gasteiger partial charge is 0.0742 e. The van der Waals surface area contributed by atoms with E-state index in [0.717, 1.165) is 26.3 Å². The van der Waals surface area contributed by atoms with Gasteiger partial charge in [0.15, 0.2) is 0 Å². The van der Waals surface area contributed by atoms with Crippen molar-refractivity contribution in [3.63, 3.8) is 0 Å². The zero-order chi connectivity index (χ0) is 13.9. The highest BCUT2D eigenvalue weighted by Crippen LogP contribution is 2.32. The van der Waals surface area contributed by atoms with Gasteiger partial charge in [-0.3, -0.25) is 4.98 Å². The summed E-state index contributed by atoms with van der Waals surface area (Å²) in [6.07, 6.45) is 1.84. The minimum absolute atomic E-state index is 0.811. The minimum Gasteiger partial charge on any atom is -0.398 e. The summed E-state index contributed by atoms with van der Waals surface area (Å²) in [5, 5.41) is 1.17. The summed E-state index contributed by atoms with van der Waals surface area (Å²) in [5.41, 5.74) is 9.12. The fourth-order valence-electron chi connectivity index (χ4n) is 2.07. The van der Waals surface area contributed by atoms with Crippen molar-refractivity contribution in [1.29, 1.82) is 0 Å². The monoisotopic (exact) mass is 344 g/mol. The number of pyridine rings is 1. The van der Waals surface area contributed by atoms with Crippen LogP contribution in [0.25, 0.3) is 10.9 Å². The topological polar surface area (TPSA) is 38.9 Å². The molecule has 0 aliphatic rings. The minimum atomic E-state index is 0.811. The van der Waals surface area contributed by atoms with E-state index in [1.54, 1.807) is 11.8 Å². The molecule has 3 rings (SSSR count). The number of nitrogen functional groups attached to an aromatic ring is 1. The first-order chi connectivity index (χ1) is 9.74. The number of thioether (sulfide) groups is 1. The van der Waals surface area contributed by atoms with Crippen LogP contribution in [0.15, 0.2) is 64.1 Å². The summed E-state index contributed by atoms with van der Waals surface area (Å²) in [6, 6.07) is 16.3. The molecule has 2 nitrogen and oxygen atoms in total. The summed E-state index contributed by atoms with van der Waals surface area (Å²) in [6.45, 7) is 0. The number of aromatic nitrogens is 1. The zero-order valence-corrected chi connectivity index (χ0v) is 13.1. The largest absolute Gasteiger partial charge is 0.398 e. The van der Waals surface area contributed by atoms with Crippen LogP contribution >= 0.6 is 27.7 Å². The van der Waals surface area contributed by atoms with Gasteiger partial charge in [0.1, 0.15) is 0 Å². The molecule has 0 aliphatic carbocycles. The summed E-state index contributed by atoms with van der Waals surface area (Å²) in [4.78, 5) is 5.57. The number of halogens is 1. The highest BCUT2D eigenvalue weighted by Gasteiger charge is 2.05. The highest BCUT2D eigenvalue weighted by molar-refractivity contribution is 9.10. The first-order valence-corrected chi connectivity index (χ1v) is 8.02. The van der Waals surface area contributed by atoms with E-state index in [1.165, 1.54) is 10.9 Å². The van der Waals surface area contributed by atoms with Crippen molar-refractivity contribution in [2.24, 2.45) is 0 Å². The Kier molecular flexibility index (Phi) is 3.94. The molecule has 0 fully saturated rings. The normalized spacial score (nSPS) is 10.8. The number of benzene rings is 2. The van der Waals surface area contributed by atoms with Crippen LogP contribution in [0.4, 0.5) is 5.69 Å². The molecule has 1 aromatic heterocycles. The number of rotatable bonds is 3. The second-order valence-corrected chi connectivity index (χ2v) is 6.40. The molecule has 20 heavy (non-hydrogen) atoms. The van der Waals surface area contributed by atoms with Gasteiger partial charge >= 0.3 is 0 Å². The number of hydrogen-bond donors (Lipinski definition) is 1. The average Bonchev–Trinajstić information content (AvgIpc) is 2.48. The zero-order valence-electron chi connectivity index (χ0n) is 10.7. The van der Waals surface area contributed by atoms with Crippen LogP contribution in [0.2, 0.25) is 0 Å². The van der Waals surface area contributed by atoms with E-state index in [9.17, 15) is 0 Å². The van der Waals surface area contributed by atoms with E-state index >= 15 is 0 Å². The van der Waals surface area contributed by atoms with Crippen molar-refractivity contribution in [2.45, 2.75) is 10.6 Å². The summed E-state index contributed by atoms with van der Waals surface area (Å²) in [7, 11) is 0. The lowest BCUT2D eigenvalue weighted by Crippen LogP contribution is -1.90. The molecule has 3 aromatic rings. The Morgan fingerprint density at radius 3 is 2.85 bits per heavy atom. The Morgan fingerprint density at radius 1 is 1.10 bits per heavy atom. The van der Waals surface area contributed by atoms with Gasteiger partial charge in [-0.2, -0.15) is 0 Å². The van der Waals surface area contributed by atoms with E-state index in [0.29, 0.717) is 0 Å². The van der Waals surface area contributed by atoms with Crippen molar-refractivity contribution < 1.29 is 0 Å². The van der Waals surface area contributed by atoms with Gasteiger partial charge in [-0.25, -0.2) is 0 Å². The van der Waals surface area contributed by atoms with Crippen LogP contribution in [-0.4, -0.2) is 4.98 Å². The fourth-order valence-corrected chi connectivity index (χ4v) is 3.57. The van der Waals surface area contributed by atoms with Gasteiger partial charge in [-0.15, -0.1) is 11.8 Å². The second kappa shape index (κ2) is 5.85. The maximum atomic E-state index is 6.01. The molecule has 1 heterocycles. The van der Waals surface area contributed by atoms with E-state index in [4.69, 9.17) is 5.73 Å². The molecule has 0 saturated heterocycles. The van der Waals surface area contributed by atoms with Crippen molar-refractivity contribution >= 4 is 44.3 Å². The van der Waals surface area contributed by atoms with E-state index < -0.39 is 0 Å². The van der Waals surface area contributed by atoms with Crippen molar-refractivity contribution in [3.8, 4) is 0 Å². The maximum Gasteiger partial charge on any atom is 0.0742 e. The predicted molar refractivity (Wildman–Crippen MR) is 89.9 cm³/mol. The van der Waals surface area contributed by atoms with Gasteiger partial charge in [-0.1, -0.05) is 40.2 Å². The lowest BCUT2D eigenvalue weighted by molar-refractivity contribution is 1.34. The van der Waals surface area contributed by atoms with Crippen molar-refractivity contribution in [3.05, 3.63) is 64.8 Å². The number of nitrogens with zero attached hydrogens (tertiary/aromatic N) is 1. The third kappa shape index (κ3) is 2.81. The molecule has 0 bridgehead atoms. The lowest BCUT2D eigenvalue weighted by Gasteiger charge is -2.08. The third-order valence-corrected chi connectivity index (χ3v) is 4.69. The van der Waals surface area contributed by atoms with Gasteiger partial charge in [0.25, 0.3) is 0 Å². The van der Waals surface area contributed by atoms with Crippen molar-refractivity contribution in [2.75, 3.05) is 5.73 Å². The molecule has 0 atom stereocenters. The molecule has 0 radical (unpaired) electrons. The van der Waals surface area contributed by atoms with E-state index in [2.05, 4.69) is 51.2 Å². The Morgan fingerprint density at radius 2 is 1.95 bits per heavy atom. The van der Waals surface area contributed by atoms with Crippen LogP contribution in [0, 0.1) is 0 Å². The molecule has 0 aliphatic heterocycles. The Balaban J connectivity index is 1.89. The molecule has 2 aromatic carbocycles. The molecule has 0 saturated carbocycles. The molecule has 0 amide bonds. The maximum absolute atomic E-state index is 6.01. The van der Waals surface area contributed by atoms with Gasteiger partial charge in [0, 0.05) is 32.4 Å². The Hall–Kier alpha value is -1.52. The molecular formula is C16H13BrN2S.